The average Bonchev–Trinajstić information content (AvgIpc) is 1.59. The van der Waals surface area contributed by atoms with Gasteiger partial charge in [0.2, 0.25) is 0 Å². The summed E-state index contributed by atoms with van der Waals surface area (Å²) in [6.07, 6.45) is 1.99. The fraction of sp³-hybridized carbons (Fsp3) is 0.500. The van der Waals surface area contributed by atoms with Gasteiger partial charge in [-0.2, -0.15) is 0 Å². The van der Waals surface area contributed by atoms with Crippen LogP contribution in [0.5, 0.6) is 0 Å². The fourth-order valence-electron chi connectivity index (χ4n) is 0.296. The van der Waals surface area contributed by atoms with Gasteiger partial charge in [0.1, 0.15) is 0 Å². The second-order valence-corrected chi connectivity index (χ2v) is 3.65. The van der Waals surface area contributed by atoms with E-state index in [0.29, 0.717) is 6.42 Å². The van der Waals surface area contributed by atoms with E-state index in [0.717, 1.165) is 0 Å². The van der Waals surface area contributed by atoms with Gasteiger partial charge in [-0.25, -0.2) is 0 Å². The molecule has 0 spiro atoms. The van der Waals surface area contributed by atoms with Crippen LogP contribution in [0.15, 0.2) is 12.7 Å². The van der Waals surface area contributed by atoms with Gasteiger partial charge in [-0.15, -0.1) is 6.58 Å². The summed E-state index contributed by atoms with van der Waals surface area (Å²) in [6.45, 7) is 3.35. The van der Waals surface area contributed by atoms with Gasteiger partial charge < -0.3 is 14.4 Å². The molecule has 0 saturated carbocycles. The third-order valence-electron chi connectivity index (χ3n) is 0.684. The molecule has 14 heavy (non-hydrogen) atoms. The van der Waals surface area contributed by atoms with Crippen molar-refractivity contribution >= 4 is 8.80 Å². The SMILES string of the molecule is C=CCC[Si](O)(O)O.[Y].[Y].[Y].[Y].[Y].[Y]. The maximum Gasteiger partial charge on any atom is 0.493 e. The first kappa shape index (κ1) is 42.8. The zero-order valence-corrected chi connectivity index (χ0v) is 26.0. The number of allylic oxidation sites excluding steroid dienone is 1. The van der Waals surface area contributed by atoms with E-state index in [1.807, 2.05) is 0 Å². The Kier molecular flexibility index (Phi) is 84.8. The molecule has 0 fully saturated rings. The monoisotopic (exact) mass is 667 g/mol. The van der Waals surface area contributed by atoms with Crippen LogP contribution in [0.2, 0.25) is 6.04 Å². The van der Waals surface area contributed by atoms with E-state index < -0.39 is 8.80 Å². The van der Waals surface area contributed by atoms with Crippen molar-refractivity contribution in [3.8, 4) is 0 Å². The molecule has 0 heterocycles. The van der Waals surface area contributed by atoms with Crippen LogP contribution < -0.4 is 0 Å². The quantitative estimate of drug-likeness (QED) is 0.281. The third kappa shape index (κ3) is 42.8. The van der Waals surface area contributed by atoms with Gasteiger partial charge in [0.05, 0.1) is 0 Å². The van der Waals surface area contributed by atoms with E-state index >= 15 is 0 Å². The molecule has 0 bridgehead atoms. The van der Waals surface area contributed by atoms with E-state index in [-0.39, 0.29) is 202 Å². The minimum Gasteiger partial charge on any atom is -0.390 e. The smallest absolute Gasteiger partial charge is 0.390 e. The molecule has 3 nitrogen and oxygen atoms in total. The molecule has 0 aliphatic heterocycles. The summed E-state index contributed by atoms with van der Waals surface area (Å²) < 4.78 is 0. The molecule has 0 aliphatic carbocycles. The summed E-state index contributed by atoms with van der Waals surface area (Å²) in [5.74, 6) is 0. The molecular formula is C4H10O3SiY6. The number of hydrogen-bond acceptors (Lipinski definition) is 3. The van der Waals surface area contributed by atoms with E-state index in [1.54, 1.807) is 0 Å². The molecule has 0 unspecified atom stereocenters. The van der Waals surface area contributed by atoms with Gasteiger partial charge in [-0.3, -0.25) is 0 Å². The topological polar surface area (TPSA) is 60.7 Å². The predicted octanol–water partition coefficient (Wildman–Crippen LogP) is -0.537. The van der Waals surface area contributed by atoms with Gasteiger partial charge in [0.25, 0.3) is 0 Å². The summed E-state index contributed by atoms with van der Waals surface area (Å²) in [5.41, 5.74) is 0. The summed E-state index contributed by atoms with van der Waals surface area (Å²) in [4.78, 5) is 25.1. The van der Waals surface area contributed by atoms with Crippen LogP contribution >= 0.6 is 0 Å². The Morgan fingerprint density at radius 2 is 1.14 bits per heavy atom. The molecule has 0 aromatic rings. The van der Waals surface area contributed by atoms with E-state index in [9.17, 15) is 0 Å². The van der Waals surface area contributed by atoms with Crippen molar-refractivity contribution in [1.29, 1.82) is 0 Å². The predicted molar refractivity (Wildman–Crippen MR) is 32.0 cm³/mol. The standard InChI is InChI=1S/C4H10O3Si.6Y/c1-2-3-4-8(5,6)7;;;;;;/h2,5-7H,1,3-4H2;;;;;;. The summed E-state index contributed by atoms with van der Waals surface area (Å²) >= 11 is 0. The maximum absolute atomic E-state index is 8.35. The number of hydrogen-bond donors (Lipinski definition) is 3. The fourth-order valence-corrected chi connectivity index (χ4v) is 0.887. The minimum atomic E-state index is -3.75. The first-order chi connectivity index (χ1) is 3.56. The Morgan fingerprint density at radius 3 is 1.21 bits per heavy atom. The summed E-state index contributed by atoms with van der Waals surface area (Å²) in [6, 6.07) is 0.0521. The van der Waals surface area contributed by atoms with Gasteiger partial charge >= 0.3 is 8.80 Å². The van der Waals surface area contributed by atoms with Gasteiger partial charge in [0, 0.05) is 202 Å². The zero-order valence-electron chi connectivity index (χ0n) is 8.00. The van der Waals surface area contributed by atoms with Crippen LogP contribution in [-0.2, 0) is 196 Å². The van der Waals surface area contributed by atoms with Crippen LogP contribution in [0.1, 0.15) is 6.42 Å². The van der Waals surface area contributed by atoms with Crippen LogP contribution in [0.3, 0.4) is 0 Å². The second-order valence-electron chi connectivity index (χ2n) is 1.60. The summed E-state index contributed by atoms with van der Waals surface area (Å²) in [7, 11) is -3.75. The van der Waals surface area contributed by atoms with Crippen LogP contribution in [0, 0.1) is 0 Å². The summed E-state index contributed by atoms with van der Waals surface area (Å²) in [5, 5.41) is 0. The third-order valence-corrected chi connectivity index (χ3v) is 1.64. The van der Waals surface area contributed by atoms with Crippen LogP contribution in [-0.4, -0.2) is 23.2 Å². The van der Waals surface area contributed by atoms with Crippen molar-refractivity contribution in [3.05, 3.63) is 12.7 Å². The molecule has 10 heteroatoms. The normalized spacial score (nSPS) is 6.50. The van der Waals surface area contributed by atoms with Gasteiger partial charge in [0.15, 0.2) is 0 Å². The van der Waals surface area contributed by atoms with Crippen molar-refractivity contribution in [3.63, 3.8) is 0 Å². The zero-order chi connectivity index (χ0) is 6.62. The molecule has 0 amide bonds. The van der Waals surface area contributed by atoms with Gasteiger partial charge in [-0.05, 0) is 6.42 Å². The second kappa shape index (κ2) is 27.7. The van der Waals surface area contributed by atoms with Crippen molar-refractivity contribution in [1.82, 2.24) is 0 Å². The Morgan fingerprint density at radius 1 is 0.857 bits per heavy atom. The molecule has 0 aromatic carbocycles. The molecule has 6 radical (unpaired) electrons. The molecular weight excluding hydrogens is 658 g/mol. The first-order valence-electron chi connectivity index (χ1n) is 2.34. The van der Waals surface area contributed by atoms with Crippen LogP contribution in [0.4, 0.5) is 0 Å². The van der Waals surface area contributed by atoms with E-state index in [1.165, 1.54) is 6.08 Å². The van der Waals surface area contributed by atoms with E-state index in [4.69, 9.17) is 14.4 Å². The molecule has 0 aliphatic rings. The largest absolute Gasteiger partial charge is 0.493 e. The number of rotatable bonds is 3. The first-order valence-corrected chi connectivity index (χ1v) is 4.39. The molecule has 66 valence electrons. The van der Waals surface area contributed by atoms with Crippen molar-refractivity contribution in [2.75, 3.05) is 0 Å². The Labute approximate surface area is 238 Å². The molecule has 0 rings (SSSR count). The van der Waals surface area contributed by atoms with E-state index in [2.05, 4.69) is 6.58 Å². The Bertz CT molecular complexity index is 89.6. The average molecular weight is 668 g/mol. The van der Waals surface area contributed by atoms with Gasteiger partial charge in [-0.1, -0.05) is 6.08 Å². The van der Waals surface area contributed by atoms with Crippen molar-refractivity contribution < 1.29 is 211 Å². The maximum atomic E-state index is 8.35. The Balaban J connectivity index is -0.0000000163. The van der Waals surface area contributed by atoms with Crippen LogP contribution in [0.25, 0.3) is 0 Å². The molecule has 0 saturated heterocycles. The minimum absolute atomic E-state index is 0. The molecule has 3 N–H and O–H groups in total. The Hall–Kier alpha value is 6.46. The van der Waals surface area contributed by atoms with Crippen molar-refractivity contribution in [2.45, 2.75) is 12.5 Å². The van der Waals surface area contributed by atoms with Crippen molar-refractivity contribution in [2.24, 2.45) is 0 Å². The molecule has 0 atom stereocenters. The molecule has 0 aromatic heterocycles.